The van der Waals surface area contributed by atoms with E-state index in [1.807, 2.05) is 0 Å². The molecule has 1 saturated heterocycles. The average Bonchev–Trinajstić information content (AvgIpc) is 3.11. The number of rotatable bonds is 4. The van der Waals surface area contributed by atoms with E-state index in [1.54, 1.807) is 6.92 Å². The van der Waals surface area contributed by atoms with Crippen molar-refractivity contribution >= 4 is 29.0 Å². The number of alkyl halides is 3. The van der Waals surface area contributed by atoms with Gasteiger partial charge in [-0.3, -0.25) is 10.1 Å². The van der Waals surface area contributed by atoms with E-state index in [1.165, 1.54) is 12.3 Å². The lowest BCUT2D eigenvalue weighted by Crippen LogP contribution is -2.39. The second-order valence-corrected chi connectivity index (χ2v) is 7.40. The number of piperidine rings is 1. The van der Waals surface area contributed by atoms with Gasteiger partial charge in [-0.05, 0) is 25.5 Å². The number of nitrogens with one attached hydrogen (secondary N) is 3. The van der Waals surface area contributed by atoms with Gasteiger partial charge in [0, 0.05) is 48.6 Å². The number of pyridine rings is 1. The fraction of sp³-hybridized carbons (Fsp3) is 0.389. The number of anilines is 1. The molecule has 1 aliphatic rings. The van der Waals surface area contributed by atoms with Crippen LogP contribution >= 0.6 is 11.3 Å². The molecule has 0 aromatic carbocycles. The normalized spacial score (nSPS) is 19.8. The number of hydrogen-bond acceptors (Lipinski definition) is 6. The summed E-state index contributed by atoms with van der Waals surface area (Å²) in [7, 11) is 0. The van der Waals surface area contributed by atoms with Crippen molar-refractivity contribution in [2.45, 2.75) is 38.0 Å². The molecule has 0 aliphatic carbocycles. The van der Waals surface area contributed by atoms with Gasteiger partial charge in [0.25, 0.3) is 0 Å². The third-order valence-electron chi connectivity index (χ3n) is 4.26. The van der Waals surface area contributed by atoms with Gasteiger partial charge in [-0.15, -0.1) is 11.3 Å². The summed E-state index contributed by atoms with van der Waals surface area (Å²) in [5, 5.41) is 9.31. The number of amides is 2. The fourth-order valence-electron chi connectivity index (χ4n) is 3.03. The number of Topliss-reactive ketones (excluding diaryl/α,β-unsaturated/α-hetero) is 1. The first-order valence-corrected chi connectivity index (χ1v) is 9.74. The van der Waals surface area contributed by atoms with E-state index >= 15 is 0 Å². The maximum Gasteiger partial charge on any atom is 0.434 e. The highest BCUT2D eigenvalue weighted by atomic mass is 32.1. The Morgan fingerprint density at radius 1 is 1.41 bits per heavy atom. The van der Waals surface area contributed by atoms with Gasteiger partial charge in [0.1, 0.15) is 16.6 Å². The minimum Gasteiger partial charge on any atom is -0.338 e. The zero-order chi connectivity index (χ0) is 21.2. The van der Waals surface area contributed by atoms with E-state index < -0.39 is 23.9 Å². The van der Waals surface area contributed by atoms with Crippen LogP contribution in [0, 0.1) is 6.92 Å². The van der Waals surface area contributed by atoms with Crippen LogP contribution in [0.25, 0.3) is 10.6 Å². The van der Waals surface area contributed by atoms with Crippen LogP contribution in [0.15, 0.2) is 17.6 Å². The van der Waals surface area contributed by atoms with Gasteiger partial charge in [-0.1, -0.05) is 0 Å². The summed E-state index contributed by atoms with van der Waals surface area (Å²) in [5.41, 5.74) is -0.107. The number of halogens is 3. The van der Waals surface area contributed by atoms with Crippen molar-refractivity contribution in [1.29, 1.82) is 0 Å². The molecule has 7 nitrogen and oxygen atoms in total. The van der Waals surface area contributed by atoms with Gasteiger partial charge in [-0.2, -0.15) is 13.2 Å². The third kappa shape index (κ3) is 5.10. The molecule has 2 amide bonds. The lowest BCUT2D eigenvalue weighted by molar-refractivity contribution is -0.140. The van der Waals surface area contributed by atoms with Crippen LogP contribution in [-0.4, -0.2) is 34.4 Å². The molecule has 3 N–H and O–H groups in total. The van der Waals surface area contributed by atoms with Crippen molar-refractivity contribution in [3.63, 3.8) is 0 Å². The largest absolute Gasteiger partial charge is 0.434 e. The van der Waals surface area contributed by atoms with Crippen LogP contribution in [-0.2, 0) is 11.0 Å². The second kappa shape index (κ2) is 8.46. The van der Waals surface area contributed by atoms with Crippen molar-refractivity contribution in [3.05, 3.63) is 35.8 Å². The average molecular weight is 426 g/mol. The predicted molar refractivity (Wildman–Crippen MR) is 102 cm³/mol. The Kier molecular flexibility index (Phi) is 6.18. The summed E-state index contributed by atoms with van der Waals surface area (Å²) >= 11 is 0.832. The van der Waals surface area contributed by atoms with Gasteiger partial charge in [0.15, 0.2) is 5.69 Å². The molecule has 2 aromatic heterocycles. The lowest BCUT2D eigenvalue weighted by atomic mass is 9.91. The van der Waals surface area contributed by atoms with Gasteiger partial charge in [0.2, 0.25) is 0 Å². The van der Waals surface area contributed by atoms with Crippen LogP contribution in [0.5, 0.6) is 0 Å². The van der Waals surface area contributed by atoms with Gasteiger partial charge < -0.3 is 10.6 Å². The van der Waals surface area contributed by atoms with E-state index in [4.69, 9.17) is 0 Å². The minimum absolute atomic E-state index is 0.000607. The number of urea groups is 1. The molecular weight excluding hydrogens is 407 g/mol. The van der Waals surface area contributed by atoms with Crippen LogP contribution in [0.3, 0.4) is 0 Å². The van der Waals surface area contributed by atoms with E-state index in [2.05, 4.69) is 32.8 Å². The molecule has 1 fully saturated rings. The summed E-state index contributed by atoms with van der Waals surface area (Å²) < 4.78 is 39.0. The molecule has 1 radical (unpaired) electrons. The standard InChI is InChI=1S/C18H19F3N5O2S/c1-3-22-17(28)26-15-6-11(16-25-14(8-29-16)18(19,20)21)12(7-23-15)13-5-10(27)4-9(2)24-13/h6-9,13,24H,2-5H2,1H3,(H2,22,23,26,28). The molecule has 155 valence electrons. The van der Waals surface area contributed by atoms with E-state index in [0.717, 1.165) is 16.7 Å². The Bertz CT molecular complexity index is 915. The maximum atomic E-state index is 13.0. The Balaban J connectivity index is 2.02. The molecule has 11 heteroatoms. The molecule has 2 unspecified atom stereocenters. The lowest BCUT2D eigenvalue weighted by Gasteiger charge is -2.29. The van der Waals surface area contributed by atoms with Gasteiger partial charge >= 0.3 is 12.2 Å². The Hall–Kier alpha value is -2.53. The molecule has 2 aromatic rings. The number of hydrogen-bond donors (Lipinski definition) is 3. The van der Waals surface area contributed by atoms with Crippen molar-refractivity contribution < 1.29 is 22.8 Å². The monoisotopic (exact) mass is 426 g/mol. The summed E-state index contributed by atoms with van der Waals surface area (Å²) in [6.45, 7) is 6.01. The molecule has 0 saturated carbocycles. The van der Waals surface area contributed by atoms with Crippen LogP contribution < -0.4 is 16.0 Å². The molecular formula is C18H19F3N5O2S. The minimum atomic E-state index is -4.57. The van der Waals surface area contributed by atoms with Crippen molar-refractivity contribution in [1.82, 2.24) is 20.6 Å². The molecule has 2 atom stereocenters. The smallest absolute Gasteiger partial charge is 0.338 e. The SMILES string of the molecule is [CH2]C1CC(=O)CC(c2cnc(NC(=O)NCC)cc2-c2nc(C(F)(F)F)cs2)N1. The van der Waals surface area contributed by atoms with Crippen molar-refractivity contribution in [3.8, 4) is 10.6 Å². The number of ketones is 1. The quantitative estimate of drug-likeness (QED) is 0.695. The molecule has 29 heavy (non-hydrogen) atoms. The number of thiazole rings is 1. The highest BCUT2D eigenvalue weighted by molar-refractivity contribution is 7.13. The molecule has 0 spiro atoms. The molecule has 1 aliphatic heterocycles. The van der Waals surface area contributed by atoms with Gasteiger partial charge in [0.05, 0.1) is 0 Å². The van der Waals surface area contributed by atoms with E-state index in [-0.39, 0.29) is 35.5 Å². The number of aromatic nitrogens is 2. The molecule has 3 heterocycles. The van der Waals surface area contributed by atoms with Crippen LogP contribution in [0.4, 0.5) is 23.8 Å². The molecule has 0 bridgehead atoms. The predicted octanol–water partition coefficient (Wildman–Crippen LogP) is 3.56. The highest BCUT2D eigenvalue weighted by Crippen LogP contribution is 2.38. The van der Waals surface area contributed by atoms with Crippen molar-refractivity contribution in [2.24, 2.45) is 0 Å². The zero-order valence-corrected chi connectivity index (χ0v) is 16.3. The van der Waals surface area contributed by atoms with E-state index in [0.29, 0.717) is 17.7 Å². The summed E-state index contributed by atoms with van der Waals surface area (Å²) in [4.78, 5) is 31.7. The fourth-order valence-corrected chi connectivity index (χ4v) is 3.90. The molecule has 3 rings (SSSR count). The second-order valence-electron chi connectivity index (χ2n) is 6.54. The third-order valence-corrected chi connectivity index (χ3v) is 5.13. The zero-order valence-electron chi connectivity index (χ0n) is 15.5. The van der Waals surface area contributed by atoms with E-state index in [9.17, 15) is 22.8 Å². The Morgan fingerprint density at radius 2 is 2.17 bits per heavy atom. The first-order chi connectivity index (χ1) is 13.7. The van der Waals surface area contributed by atoms with Crippen LogP contribution in [0.1, 0.15) is 37.1 Å². The Labute approximate surface area is 169 Å². The number of carbonyl (C=O) groups is 2. The topological polar surface area (TPSA) is 96.0 Å². The maximum absolute atomic E-state index is 13.0. The van der Waals surface area contributed by atoms with Gasteiger partial charge in [-0.25, -0.2) is 14.8 Å². The highest BCUT2D eigenvalue weighted by Gasteiger charge is 2.35. The Morgan fingerprint density at radius 3 is 2.79 bits per heavy atom. The number of carbonyl (C=O) groups excluding carboxylic acids is 2. The van der Waals surface area contributed by atoms with Crippen molar-refractivity contribution in [2.75, 3.05) is 11.9 Å². The first kappa shape index (κ1) is 21.2. The first-order valence-electron chi connectivity index (χ1n) is 8.86. The summed E-state index contributed by atoms with van der Waals surface area (Å²) in [6.07, 6.45) is -2.68. The summed E-state index contributed by atoms with van der Waals surface area (Å²) in [5.74, 6) is 0.158. The van der Waals surface area contributed by atoms with Crippen LogP contribution in [0.2, 0.25) is 0 Å². The summed E-state index contributed by atoms with van der Waals surface area (Å²) in [6, 6.07) is 0.197. The number of nitrogens with zero attached hydrogens (tertiary/aromatic N) is 2.